The van der Waals surface area contributed by atoms with Crippen LogP contribution in [0.15, 0.2) is 29.6 Å². The van der Waals surface area contributed by atoms with E-state index in [1.54, 1.807) is 4.90 Å². The molecule has 2 aliphatic heterocycles. The van der Waals surface area contributed by atoms with E-state index in [1.807, 2.05) is 29.6 Å². The Balaban J connectivity index is 1.29. The average Bonchev–Trinajstić information content (AvgIpc) is 3.28. The molecular weight excluding hydrogens is 412 g/mol. The summed E-state index contributed by atoms with van der Waals surface area (Å²) in [6, 6.07) is 7.46. The zero-order valence-electron chi connectivity index (χ0n) is 16.0. The number of carbonyl (C=O) groups excluding carboxylic acids is 2. The molecular formula is C21H23ClN2O4S. The molecule has 2 aromatic rings. The van der Waals surface area contributed by atoms with Crippen molar-refractivity contribution in [3.63, 3.8) is 0 Å². The highest BCUT2D eigenvalue weighted by molar-refractivity contribution is 7.12. The van der Waals surface area contributed by atoms with Crippen LogP contribution < -0.4 is 14.8 Å². The zero-order chi connectivity index (χ0) is 20.2. The molecule has 0 radical (unpaired) electrons. The maximum absolute atomic E-state index is 12.6. The van der Waals surface area contributed by atoms with Crippen LogP contribution in [0.3, 0.4) is 0 Å². The Morgan fingerprint density at radius 3 is 2.97 bits per heavy atom. The number of nitrogens with zero attached hydrogens (tertiary/aromatic N) is 1. The summed E-state index contributed by atoms with van der Waals surface area (Å²) in [5.74, 6) is 1.08. The number of ether oxygens (including phenoxy) is 2. The Bertz CT molecular complexity index is 887. The maximum atomic E-state index is 12.6. The molecule has 4 rings (SSSR count). The SMILES string of the molecule is O=C(NCCc1cc(Cl)c2c(c1)OCCO2)C1CCCN(C(=O)c2cccs2)C1. The van der Waals surface area contributed by atoms with Gasteiger partial charge >= 0.3 is 0 Å². The highest BCUT2D eigenvalue weighted by atomic mass is 35.5. The van der Waals surface area contributed by atoms with Gasteiger partial charge in [-0.25, -0.2) is 0 Å². The number of hydrogen-bond acceptors (Lipinski definition) is 5. The Kier molecular flexibility index (Phi) is 6.25. The van der Waals surface area contributed by atoms with Gasteiger partial charge in [-0.15, -0.1) is 11.3 Å². The summed E-state index contributed by atoms with van der Waals surface area (Å²) in [5, 5.41) is 5.43. The van der Waals surface area contributed by atoms with Crippen LogP contribution >= 0.6 is 22.9 Å². The highest BCUT2D eigenvalue weighted by Crippen LogP contribution is 2.38. The number of hydrogen-bond donors (Lipinski definition) is 1. The largest absolute Gasteiger partial charge is 0.486 e. The van der Waals surface area contributed by atoms with Crippen molar-refractivity contribution in [3.8, 4) is 11.5 Å². The summed E-state index contributed by atoms with van der Waals surface area (Å²) in [4.78, 5) is 27.7. The van der Waals surface area contributed by atoms with Crippen LogP contribution in [0, 0.1) is 5.92 Å². The van der Waals surface area contributed by atoms with Crippen molar-refractivity contribution < 1.29 is 19.1 Å². The second-order valence-corrected chi connectivity index (χ2v) is 8.57. The number of amides is 2. The van der Waals surface area contributed by atoms with Gasteiger partial charge in [-0.3, -0.25) is 9.59 Å². The molecule has 0 bridgehead atoms. The lowest BCUT2D eigenvalue weighted by Crippen LogP contribution is -2.45. The number of fused-ring (bicyclic) bond motifs is 1. The molecule has 29 heavy (non-hydrogen) atoms. The van der Waals surface area contributed by atoms with Crippen LogP contribution in [0.25, 0.3) is 0 Å². The van der Waals surface area contributed by atoms with E-state index in [-0.39, 0.29) is 17.7 Å². The van der Waals surface area contributed by atoms with E-state index in [2.05, 4.69) is 5.32 Å². The van der Waals surface area contributed by atoms with E-state index in [9.17, 15) is 9.59 Å². The molecule has 3 heterocycles. The third-order valence-corrected chi connectivity index (χ3v) is 6.32. The van der Waals surface area contributed by atoms with Crippen molar-refractivity contribution in [1.29, 1.82) is 0 Å². The zero-order valence-corrected chi connectivity index (χ0v) is 17.6. The smallest absolute Gasteiger partial charge is 0.263 e. The summed E-state index contributed by atoms with van der Waals surface area (Å²) in [7, 11) is 0. The van der Waals surface area contributed by atoms with E-state index < -0.39 is 0 Å². The standard InChI is InChI=1S/C21H23ClN2O4S/c22-16-11-14(12-17-19(16)28-9-8-27-17)5-6-23-20(25)15-3-1-7-24(13-15)21(26)18-4-2-10-29-18/h2,4,10-12,15H,1,3,5-9,13H2,(H,23,25). The van der Waals surface area contributed by atoms with Crippen LogP contribution in [-0.2, 0) is 11.2 Å². The quantitative estimate of drug-likeness (QED) is 0.783. The molecule has 1 N–H and O–H groups in total. The molecule has 0 aliphatic carbocycles. The van der Waals surface area contributed by atoms with Crippen molar-refractivity contribution in [1.82, 2.24) is 10.2 Å². The number of rotatable bonds is 5. The fraction of sp³-hybridized carbons (Fsp3) is 0.429. The van der Waals surface area contributed by atoms with Gasteiger partial charge < -0.3 is 19.7 Å². The first-order valence-corrected chi connectivity index (χ1v) is 11.1. The molecule has 1 aromatic carbocycles. The van der Waals surface area contributed by atoms with Gasteiger partial charge in [0.05, 0.1) is 15.8 Å². The van der Waals surface area contributed by atoms with Gasteiger partial charge in [-0.05, 0) is 48.4 Å². The van der Waals surface area contributed by atoms with E-state index in [0.717, 1.165) is 23.3 Å². The number of carbonyl (C=O) groups is 2. The Hall–Kier alpha value is -2.25. The Morgan fingerprint density at radius 2 is 2.14 bits per heavy atom. The minimum atomic E-state index is -0.170. The molecule has 2 aliphatic rings. The summed E-state index contributed by atoms with van der Waals surface area (Å²) in [6.07, 6.45) is 2.29. The second-order valence-electron chi connectivity index (χ2n) is 7.21. The highest BCUT2D eigenvalue weighted by Gasteiger charge is 2.29. The summed E-state index contributed by atoms with van der Waals surface area (Å²) in [5.41, 5.74) is 0.984. The van der Waals surface area contributed by atoms with E-state index in [1.165, 1.54) is 11.3 Å². The molecule has 0 spiro atoms. The fourth-order valence-electron chi connectivity index (χ4n) is 3.71. The molecule has 6 nitrogen and oxygen atoms in total. The van der Waals surface area contributed by atoms with Gasteiger partial charge in [0, 0.05) is 19.6 Å². The van der Waals surface area contributed by atoms with E-state index in [0.29, 0.717) is 55.8 Å². The van der Waals surface area contributed by atoms with Crippen molar-refractivity contribution in [2.24, 2.45) is 5.92 Å². The topological polar surface area (TPSA) is 67.9 Å². The minimum absolute atomic E-state index is 0.00248. The lowest BCUT2D eigenvalue weighted by atomic mass is 9.97. The summed E-state index contributed by atoms with van der Waals surface area (Å²) >= 11 is 7.70. The average molecular weight is 435 g/mol. The van der Waals surface area contributed by atoms with Crippen LogP contribution in [0.1, 0.15) is 28.1 Å². The number of piperidine rings is 1. The van der Waals surface area contributed by atoms with Gasteiger partial charge in [-0.2, -0.15) is 0 Å². The number of nitrogens with one attached hydrogen (secondary N) is 1. The number of thiophene rings is 1. The number of halogens is 1. The van der Waals surface area contributed by atoms with Crippen molar-refractivity contribution >= 4 is 34.8 Å². The third kappa shape index (κ3) is 4.67. The Labute approximate surface area is 178 Å². The van der Waals surface area contributed by atoms with Gasteiger partial charge in [0.1, 0.15) is 13.2 Å². The van der Waals surface area contributed by atoms with Crippen molar-refractivity contribution in [2.45, 2.75) is 19.3 Å². The molecule has 2 amide bonds. The molecule has 8 heteroatoms. The first-order valence-electron chi connectivity index (χ1n) is 9.80. The molecule has 1 fully saturated rings. The molecule has 154 valence electrons. The molecule has 0 saturated carbocycles. The molecule has 1 aromatic heterocycles. The molecule has 1 unspecified atom stereocenters. The van der Waals surface area contributed by atoms with Gasteiger partial charge in [0.2, 0.25) is 5.91 Å². The van der Waals surface area contributed by atoms with Gasteiger partial charge in [-0.1, -0.05) is 17.7 Å². The second kappa shape index (κ2) is 9.05. The van der Waals surface area contributed by atoms with Gasteiger partial charge in [0.25, 0.3) is 5.91 Å². The lowest BCUT2D eigenvalue weighted by molar-refractivity contribution is -0.126. The normalized spacial score (nSPS) is 18.4. The van der Waals surface area contributed by atoms with E-state index >= 15 is 0 Å². The first kappa shape index (κ1) is 20.0. The summed E-state index contributed by atoms with van der Waals surface area (Å²) in [6.45, 7) is 2.68. The first-order chi connectivity index (χ1) is 14.1. The monoisotopic (exact) mass is 434 g/mol. The summed E-state index contributed by atoms with van der Waals surface area (Å²) < 4.78 is 11.1. The molecule has 1 atom stereocenters. The number of benzene rings is 1. The molecule has 1 saturated heterocycles. The maximum Gasteiger partial charge on any atom is 0.263 e. The van der Waals surface area contributed by atoms with Crippen LogP contribution in [0.4, 0.5) is 0 Å². The van der Waals surface area contributed by atoms with Crippen LogP contribution in [0.5, 0.6) is 11.5 Å². The Morgan fingerprint density at radius 1 is 1.28 bits per heavy atom. The lowest BCUT2D eigenvalue weighted by Gasteiger charge is -2.31. The van der Waals surface area contributed by atoms with Crippen LogP contribution in [0.2, 0.25) is 5.02 Å². The number of likely N-dealkylation sites (tertiary alicyclic amines) is 1. The fourth-order valence-corrected chi connectivity index (χ4v) is 4.69. The third-order valence-electron chi connectivity index (χ3n) is 5.18. The predicted octanol–water partition coefficient (Wildman–Crippen LogP) is 3.38. The van der Waals surface area contributed by atoms with Crippen LogP contribution in [-0.4, -0.2) is 49.6 Å². The van der Waals surface area contributed by atoms with Crippen molar-refractivity contribution in [2.75, 3.05) is 32.8 Å². The van der Waals surface area contributed by atoms with Gasteiger partial charge in [0.15, 0.2) is 11.5 Å². The van der Waals surface area contributed by atoms with Crippen molar-refractivity contribution in [3.05, 3.63) is 45.1 Å². The van der Waals surface area contributed by atoms with E-state index in [4.69, 9.17) is 21.1 Å². The minimum Gasteiger partial charge on any atom is -0.486 e. The predicted molar refractivity (Wildman–Crippen MR) is 112 cm³/mol.